The smallest absolute Gasteiger partial charge is 0.422 e. The summed E-state index contributed by atoms with van der Waals surface area (Å²) in [5, 5.41) is 17.3. The highest BCUT2D eigenvalue weighted by Gasteiger charge is 2.14. The maximum Gasteiger partial charge on any atom is 0.505 e. The fourth-order valence-corrected chi connectivity index (χ4v) is 0.863. The lowest BCUT2D eigenvalue weighted by Crippen LogP contribution is -2.30. The summed E-state index contributed by atoms with van der Waals surface area (Å²) in [7, 11) is -1.54. The molecule has 11 heavy (non-hydrogen) atoms. The summed E-state index contributed by atoms with van der Waals surface area (Å²) in [6.07, 6.45) is 0.640. The average Bonchev–Trinajstić information content (AvgIpc) is 2.31. The number of aromatic nitrogens is 1. The predicted octanol–water partition coefficient (Wildman–Crippen LogP) is -1.18. The third-order valence-corrected chi connectivity index (χ3v) is 1.47. The summed E-state index contributed by atoms with van der Waals surface area (Å²) in [5.74, 6) is 0. The zero-order valence-electron chi connectivity index (χ0n) is 6.03. The van der Waals surface area contributed by atoms with Gasteiger partial charge in [0.05, 0.1) is 5.69 Å². The molecule has 0 radical (unpaired) electrons. The van der Waals surface area contributed by atoms with Gasteiger partial charge in [0.1, 0.15) is 0 Å². The Bertz CT molecular complexity index is 269. The lowest BCUT2D eigenvalue weighted by molar-refractivity contribution is 0.111. The normalized spacial score (nSPS) is 9.73. The molecule has 0 unspecified atom stereocenters. The molecule has 4 nitrogen and oxygen atoms in total. The van der Waals surface area contributed by atoms with E-state index in [1.807, 2.05) is 0 Å². The van der Waals surface area contributed by atoms with E-state index in [0.717, 1.165) is 0 Å². The first-order valence-corrected chi connectivity index (χ1v) is 3.16. The zero-order chi connectivity index (χ0) is 8.43. The van der Waals surface area contributed by atoms with Gasteiger partial charge in [-0.25, -0.2) is 0 Å². The Balaban J connectivity index is 3.04. The van der Waals surface area contributed by atoms with Crippen molar-refractivity contribution < 1.29 is 14.8 Å². The minimum absolute atomic E-state index is 0.240. The highest BCUT2D eigenvalue weighted by molar-refractivity contribution is 6.57. The van der Waals surface area contributed by atoms with Crippen LogP contribution in [0.25, 0.3) is 0 Å². The number of H-pyrrole nitrogens is 1. The first-order chi connectivity index (χ1) is 5.15. The molecule has 1 rings (SSSR count). The van der Waals surface area contributed by atoms with Crippen molar-refractivity contribution in [2.24, 2.45) is 0 Å². The van der Waals surface area contributed by atoms with E-state index >= 15 is 0 Å². The number of aryl methyl sites for hydroxylation is 1. The highest BCUT2D eigenvalue weighted by Crippen LogP contribution is 1.98. The second-order valence-electron chi connectivity index (χ2n) is 2.31. The fourth-order valence-electron chi connectivity index (χ4n) is 0.863. The van der Waals surface area contributed by atoms with Gasteiger partial charge in [-0.2, -0.15) is 0 Å². The Labute approximate surface area is 64.0 Å². The van der Waals surface area contributed by atoms with E-state index in [1.165, 1.54) is 6.07 Å². The zero-order valence-corrected chi connectivity index (χ0v) is 6.03. The van der Waals surface area contributed by atoms with Crippen molar-refractivity contribution in [1.29, 1.82) is 0 Å². The second-order valence-corrected chi connectivity index (χ2v) is 2.31. The number of carbonyl (C=O) groups excluding carboxylic acids is 1. The van der Waals surface area contributed by atoms with Crippen LogP contribution in [0.15, 0.2) is 6.07 Å². The van der Waals surface area contributed by atoms with Crippen molar-refractivity contribution in [3.05, 3.63) is 17.3 Å². The Morgan fingerprint density at radius 1 is 1.64 bits per heavy atom. The van der Waals surface area contributed by atoms with Gasteiger partial charge in [-0.15, -0.1) is 0 Å². The van der Waals surface area contributed by atoms with Crippen molar-refractivity contribution >= 4 is 19.0 Å². The van der Waals surface area contributed by atoms with Gasteiger partial charge >= 0.3 is 7.12 Å². The summed E-state index contributed by atoms with van der Waals surface area (Å²) >= 11 is 0. The van der Waals surface area contributed by atoms with Gasteiger partial charge in [0, 0.05) is 5.59 Å². The van der Waals surface area contributed by atoms with Gasteiger partial charge in [0.15, 0.2) is 6.29 Å². The first kappa shape index (κ1) is 8.04. The highest BCUT2D eigenvalue weighted by atomic mass is 16.4. The molecule has 0 aromatic carbocycles. The molecule has 0 saturated carbocycles. The van der Waals surface area contributed by atoms with Crippen LogP contribution in [0.5, 0.6) is 0 Å². The second kappa shape index (κ2) is 2.90. The summed E-state index contributed by atoms with van der Waals surface area (Å²) in [4.78, 5) is 12.8. The standard InChI is InChI=1S/C6H8BNO3/c1-4-2-6(7(10)11)8-5(4)3-9/h2-3,8,10-11H,1H3. The van der Waals surface area contributed by atoms with Gasteiger partial charge < -0.3 is 15.0 Å². The quantitative estimate of drug-likeness (QED) is 0.369. The Morgan fingerprint density at radius 2 is 2.27 bits per heavy atom. The maximum atomic E-state index is 10.3. The number of rotatable bonds is 2. The number of nitrogens with one attached hydrogen (secondary N) is 1. The number of hydrogen-bond donors (Lipinski definition) is 3. The van der Waals surface area contributed by atoms with Crippen LogP contribution in [0.1, 0.15) is 16.1 Å². The van der Waals surface area contributed by atoms with Gasteiger partial charge in [0.2, 0.25) is 0 Å². The third kappa shape index (κ3) is 1.50. The van der Waals surface area contributed by atoms with Crippen LogP contribution in [0.3, 0.4) is 0 Å². The molecule has 1 aromatic rings. The number of aromatic amines is 1. The van der Waals surface area contributed by atoms with Crippen LogP contribution in [0.4, 0.5) is 0 Å². The largest absolute Gasteiger partial charge is 0.505 e. The van der Waals surface area contributed by atoms with Gasteiger partial charge in [-0.1, -0.05) is 0 Å². The molecule has 0 bridgehead atoms. The van der Waals surface area contributed by atoms with E-state index in [4.69, 9.17) is 10.0 Å². The first-order valence-electron chi connectivity index (χ1n) is 3.16. The van der Waals surface area contributed by atoms with Crippen LogP contribution in [-0.4, -0.2) is 28.4 Å². The van der Waals surface area contributed by atoms with Crippen molar-refractivity contribution in [2.75, 3.05) is 0 Å². The van der Waals surface area contributed by atoms with E-state index in [1.54, 1.807) is 6.92 Å². The van der Waals surface area contributed by atoms with E-state index in [2.05, 4.69) is 4.98 Å². The van der Waals surface area contributed by atoms with Crippen LogP contribution < -0.4 is 5.59 Å². The molecule has 0 spiro atoms. The van der Waals surface area contributed by atoms with Crippen LogP contribution in [0.2, 0.25) is 0 Å². The lowest BCUT2D eigenvalue weighted by atomic mass is 9.86. The van der Waals surface area contributed by atoms with Crippen molar-refractivity contribution in [3.63, 3.8) is 0 Å². The predicted molar refractivity (Wildman–Crippen MR) is 40.7 cm³/mol. The molecule has 5 heteroatoms. The molecule has 1 aromatic heterocycles. The molecule has 0 aliphatic carbocycles. The number of hydrogen-bond acceptors (Lipinski definition) is 3. The summed E-state index contributed by atoms with van der Waals surface area (Å²) in [6, 6.07) is 1.52. The van der Waals surface area contributed by atoms with E-state index in [-0.39, 0.29) is 5.59 Å². The molecule has 3 N–H and O–H groups in total. The molecule has 0 aliphatic rings. The molecule has 1 heterocycles. The average molecular weight is 153 g/mol. The van der Waals surface area contributed by atoms with E-state index in [0.29, 0.717) is 17.5 Å². The Morgan fingerprint density at radius 3 is 2.55 bits per heavy atom. The summed E-state index contributed by atoms with van der Waals surface area (Å²) in [6.45, 7) is 1.71. The van der Waals surface area contributed by atoms with Gasteiger partial charge in [-0.3, -0.25) is 4.79 Å². The SMILES string of the molecule is Cc1cc(B(O)O)[nH]c1C=O. The van der Waals surface area contributed by atoms with Crippen LogP contribution in [-0.2, 0) is 0 Å². The fraction of sp³-hybridized carbons (Fsp3) is 0.167. The van der Waals surface area contributed by atoms with Crippen molar-refractivity contribution in [1.82, 2.24) is 4.98 Å². The van der Waals surface area contributed by atoms with E-state index < -0.39 is 7.12 Å². The minimum Gasteiger partial charge on any atom is -0.422 e. The topological polar surface area (TPSA) is 73.3 Å². The van der Waals surface area contributed by atoms with Crippen LogP contribution >= 0.6 is 0 Å². The maximum absolute atomic E-state index is 10.3. The van der Waals surface area contributed by atoms with Gasteiger partial charge in [-0.05, 0) is 18.6 Å². The molecule has 0 saturated heterocycles. The van der Waals surface area contributed by atoms with Crippen molar-refractivity contribution in [3.8, 4) is 0 Å². The molecule has 58 valence electrons. The van der Waals surface area contributed by atoms with Gasteiger partial charge in [0.25, 0.3) is 0 Å². The number of carbonyl (C=O) groups is 1. The minimum atomic E-state index is -1.54. The molecule has 0 aliphatic heterocycles. The Kier molecular flexibility index (Phi) is 2.12. The summed E-state index contributed by atoms with van der Waals surface area (Å²) in [5.41, 5.74) is 1.33. The van der Waals surface area contributed by atoms with Crippen LogP contribution in [0, 0.1) is 6.92 Å². The molecule has 0 amide bonds. The van der Waals surface area contributed by atoms with Crippen molar-refractivity contribution in [2.45, 2.75) is 6.92 Å². The number of aldehydes is 1. The monoisotopic (exact) mass is 153 g/mol. The lowest BCUT2D eigenvalue weighted by Gasteiger charge is -1.90. The molecule has 0 fully saturated rings. The van der Waals surface area contributed by atoms with E-state index in [9.17, 15) is 4.79 Å². The molecule has 0 atom stereocenters. The third-order valence-electron chi connectivity index (χ3n) is 1.47. The Hall–Kier alpha value is -1.07. The molecular formula is C6H8BNO3. The molecular weight excluding hydrogens is 145 g/mol. The summed E-state index contributed by atoms with van der Waals surface area (Å²) < 4.78 is 0.